The van der Waals surface area contributed by atoms with Crippen molar-refractivity contribution in [1.29, 1.82) is 0 Å². The monoisotopic (exact) mass is 556 g/mol. The average molecular weight is 557 g/mol. The highest BCUT2D eigenvalue weighted by Gasteiger charge is 2.55. The maximum atomic E-state index is 7.06. The molecule has 0 fully saturated rings. The molecule has 2 aromatic rings. The van der Waals surface area contributed by atoms with Gasteiger partial charge in [-0.1, -0.05) is 108 Å². The molecule has 0 N–H and O–H groups in total. The molecule has 2 aromatic carbocycles. The van der Waals surface area contributed by atoms with E-state index in [1.165, 1.54) is 52.2 Å². The molecular weight excluding hydrogens is 512 g/mol. The minimum absolute atomic E-state index is 0.0466. The third-order valence-corrected chi connectivity index (χ3v) is 10.0. The number of rotatable bonds is 8. The second-order valence-electron chi connectivity index (χ2n) is 12.6. The van der Waals surface area contributed by atoms with Gasteiger partial charge in [0, 0.05) is 53.6 Å². The smallest absolute Gasteiger partial charge is 0.169 e. The number of fused-ring (bicyclic) bond motifs is 2. The second-order valence-corrected chi connectivity index (χ2v) is 12.9. The van der Waals surface area contributed by atoms with Crippen molar-refractivity contribution in [2.45, 2.75) is 83.3 Å². The van der Waals surface area contributed by atoms with E-state index in [1.807, 2.05) is 0 Å². The summed E-state index contributed by atoms with van der Waals surface area (Å²) < 4.78 is 6.85. The van der Waals surface area contributed by atoms with Gasteiger partial charge in [-0.15, -0.1) is 0 Å². The molecule has 0 saturated heterocycles. The van der Waals surface area contributed by atoms with Gasteiger partial charge in [-0.3, -0.25) is 0 Å². The summed E-state index contributed by atoms with van der Waals surface area (Å²) in [5, 5.41) is 0.876. The first-order valence-corrected chi connectivity index (χ1v) is 15.2. The van der Waals surface area contributed by atoms with Crippen LogP contribution in [0, 0.1) is 0 Å². The number of para-hydroxylation sites is 2. The van der Waals surface area contributed by atoms with Crippen LogP contribution in [0.5, 0.6) is 0 Å². The number of likely N-dealkylation sites (N-methyl/N-ethyl adjacent to an activating group) is 2. The Bertz CT molecular complexity index is 1400. The number of nitrogens with zero attached hydrogens (tertiary/aromatic N) is 2. The van der Waals surface area contributed by atoms with Crippen LogP contribution in [0.25, 0.3) is 0 Å². The van der Waals surface area contributed by atoms with Crippen LogP contribution >= 0.6 is 11.6 Å². The Hall–Kier alpha value is -2.75. The highest BCUT2D eigenvalue weighted by Crippen LogP contribution is 2.53. The lowest BCUT2D eigenvalue weighted by Gasteiger charge is -2.44. The lowest BCUT2D eigenvalue weighted by molar-refractivity contribution is -0.0480. The van der Waals surface area contributed by atoms with Crippen LogP contribution in [0.4, 0.5) is 11.4 Å². The first-order valence-electron chi connectivity index (χ1n) is 14.9. The van der Waals surface area contributed by atoms with Crippen LogP contribution in [0.1, 0.15) is 77.8 Å². The Morgan fingerprint density at radius 1 is 0.875 bits per heavy atom. The molecular formula is C36H45ClN2O. The quantitative estimate of drug-likeness (QED) is 0.301. The summed E-state index contributed by atoms with van der Waals surface area (Å²) in [5.74, 6) is 0. The predicted molar refractivity (Wildman–Crippen MR) is 171 cm³/mol. The van der Waals surface area contributed by atoms with Crippen molar-refractivity contribution < 1.29 is 4.74 Å². The van der Waals surface area contributed by atoms with Crippen molar-refractivity contribution in [1.82, 2.24) is 0 Å². The van der Waals surface area contributed by atoms with E-state index >= 15 is 0 Å². The molecule has 0 spiro atoms. The zero-order valence-corrected chi connectivity index (χ0v) is 26.1. The fourth-order valence-corrected chi connectivity index (χ4v) is 7.33. The van der Waals surface area contributed by atoms with Gasteiger partial charge < -0.3 is 14.5 Å². The largest absolute Gasteiger partial charge is 0.351 e. The van der Waals surface area contributed by atoms with Gasteiger partial charge in [0.15, 0.2) is 5.72 Å². The minimum Gasteiger partial charge on any atom is -0.351 e. The van der Waals surface area contributed by atoms with Gasteiger partial charge in [0.05, 0.1) is 0 Å². The van der Waals surface area contributed by atoms with Gasteiger partial charge in [0.25, 0.3) is 0 Å². The summed E-state index contributed by atoms with van der Waals surface area (Å²) in [4.78, 5) is 4.64. The van der Waals surface area contributed by atoms with Crippen LogP contribution in [0.2, 0.25) is 0 Å². The summed E-state index contributed by atoms with van der Waals surface area (Å²) in [6.07, 6.45) is 14.3. The SMILES string of the molecule is CCCCCOC1(/C=C/C2=C(Cl)C(=C/C=C3\N(C)c4ccccc4C3(C)C)/CC2)N(C)c2ccccc2C1(C)C. The molecule has 0 saturated carbocycles. The molecule has 40 heavy (non-hydrogen) atoms. The molecule has 1 atom stereocenters. The van der Waals surface area contributed by atoms with Crippen molar-refractivity contribution in [2.24, 2.45) is 0 Å². The molecule has 0 amide bonds. The van der Waals surface area contributed by atoms with Crippen LogP contribution in [-0.4, -0.2) is 26.4 Å². The maximum Gasteiger partial charge on any atom is 0.169 e. The van der Waals surface area contributed by atoms with E-state index in [9.17, 15) is 0 Å². The number of allylic oxidation sites excluding steroid dienone is 7. The molecule has 4 heteroatoms. The molecule has 0 bridgehead atoms. The van der Waals surface area contributed by atoms with E-state index in [4.69, 9.17) is 16.3 Å². The third-order valence-electron chi connectivity index (χ3n) is 9.52. The summed E-state index contributed by atoms with van der Waals surface area (Å²) in [6.45, 7) is 12.2. The van der Waals surface area contributed by atoms with Gasteiger partial charge >= 0.3 is 0 Å². The lowest BCUT2D eigenvalue weighted by atomic mass is 9.77. The summed E-state index contributed by atoms with van der Waals surface area (Å²) in [6, 6.07) is 17.4. The van der Waals surface area contributed by atoms with E-state index in [-0.39, 0.29) is 10.8 Å². The van der Waals surface area contributed by atoms with E-state index in [0.29, 0.717) is 0 Å². The number of benzene rings is 2. The van der Waals surface area contributed by atoms with Gasteiger partial charge in [-0.25, -0.2) is 0 Å². The number of halogens is 1. The van der Waals surface area contributed by atoms with Gasteiger partial charge in [-0.2, -0.15) is 0 Å². The Kier molecular flexibility index (Phi) is 7.85. The molecule has 1 unspecified atom stereocenters. The number of unbranched alkanes of at least 4 members (excludes halogenated alkanes) is 2. The van der Waals surface area contributed by atoms with Crippen LogP contribution < -0.4 is 9.80 Å². The fraction of sp³-hybridized carbons (Fsp3) is 0.444. The summed E-state index contributed by atoms with van der Waals surface area (Å²) in [7, 11) is 4.33. The van der Waals surface area contributed by atoms with Crippen LogP contribution in [0.3, 0.4) is 0 Å². The van der Waals surface area contributed by atoms with Gasteiger partial charge in [0.2, 0.25) is 0 Å². The van der Waals surface area contributed by atoms with Crippen molar-refractivity contribution in [3.05, 3.63) is 106 Å². The Morgan fingerprint density at radius 2 is 1.55 bits per heavy atom. The van der Waals surface area contributed by atoms with Crippen molar-refractivity contribution in [3.63, 3.8) is 0 Å². The average Bonchev–Trinajstić information content (AvgIpc) is 3.45. The summed E-state index contributed by atoms with van der Waals surface area (Å²) >= 11 is 7.06. The van der Waals surface area contributed by atoms with Crippen LogP contribution in [0.15, 0.2) is 94.7 Å². The van der Waals surface area contributed by atoms with Crippen molar-refractivity contribution >= 4 is 23.0 Å². The molecule has 3 nitrogen and oxygen atoms in total. The van der Waals surface area contributed by atoms with E-state index in [0.717, 1.165) is 30.9 Å². The molecule has 2 aliphatic heterocycles. The van der Waals surface area contributed by atoms with Gasteiger partial charge in [0.1, 0.15) is 0 Å². The standard InChI is InChI=1S/C36H45ClN2O/c1-8-9-14-25-40-36(35(4,5)29-16-11-13-18-31(29)39(36)7)24-23-27-20-19-26(33(27)37)21-22-32-34(2,3)28-15-10-12-17-30(28)38(32)6/h10-13,15-18,21-24H,8-9,14,19-20,25H2,1-7H3/b24-23+,26-21+,32-22-. The maximum absolute atomic E-state index is 7.06. The van der Waals surface area contributed by atoms with Crippen molar-refractivity contribution in [3.8, 4) is 0 Å². The Labute approximate surface area is 246 Å². The normalized spacial score (nSPS) is 25.1. The Morgan fingerprint density at radius 3 is 2.23 bits per heavy atom. The highest BCUT2D eigenvalue weighted by molar-refractivity contribution is 6.33. The fourth-order valence-electron chi connectivity index (χ4n) is 7.01. The zero-order valence-electron chi connectivity index (χ0n) is 25.4. The third kappa shape index (κ3) is 4.56. The number of anilines is 2. The molecule has 0 aromatic heterocycles. The molecule has 3 aliphatic rings. The van der Waals surface area contributed by atoms with Crippen molar-refractivity contribution in [2.75, 3.05) is 30.5 Å². The molecule has 0 radical (unpaired) electrons. The van der Waals surface area contributed by atoms with E-state index in [2.05, 4.69) is 131 Å². The first kappa shape index (κ1) is 28.8. The summed E-state index contributed by atoms with van der Waals surface area (Å²) in [5.41, 5.74) is 8.04. The topological polar surface area (TPSA) is 15.7 Å². The number of hydrogen-bond donors (Lipinski definition) is 0. The molecule has 212 valence electrons. The lowest BCUT2D eigenvalue weighted by Crippen LogP contribution is -2.55. The molecule has 1 aliphatic carbocycles. The van der Waals surface area contributed by atoms with Gasteiger partial charge in [-0.05, 0) is 65.8 Å². The highest BCUT2D eigenvalue weighted by atomic mass is 35.5. The van der Waals surface area contributed by atoms with E-state index < -0.39 is 5.72 Å². The second kappa shape index (κ2) is 10.9. The number of ether oxygens (including phenoxy) is 1. The first-order chi connectivity index (χ1) is 19.1. The minimum atomic E-state index is -0.578. The number of hydrogen-bond acceptors (Lipinski definition) is 3. The predicted octanol–water partition coefficient (Wildman–Crippen LogP) is 9.40. The molecule has 2 heterocycles. The Balaban J connectivity index is 1.45. The van der Waals surface area contributed by atoms with E-state index in [1.54, 1.807) is 0 Å². The van der Waals surface area contributed by atoms with Crippen LogP contribution in [-0.2, 0) is 15.6 Å². The zero-order chi connectivity index (χ0) is 28.7. The molecule has 5 rings (SSSR count).